The van der Waals surface area contributed by atoms with E-state index in [1.165, 1.54) is 0 Å². The van der Waals surface area contributed by atoms with Gasteiger partial charge in [0.2, 0.25) is 0 Å². The van der Waals surface area contributed by atoms with Crippen molar-refractivity contribution in [1.29, 1.82) is 0 Å². The fourth-order valence-electron chi connectivity index (χ4n) is 1.63. The van der Waals surface area contributed by atoms with Crippen LogP contribution in [0.5, 0.6) is 0 Å². The molecule has 0 aliphatic carbocycles. The fourth-order valence-corrected chi connectivity index (χ4v) is 2.01. The van der Waals surface area contributed by atoms with Gasteiger partial charge >= 0.3 is 0 Å². The minimum atomic E-state index is -0.201. The summed E-state index contributed by atoms with van der Waals surface area (Å²) in [6, 6.07) is 5.47. The second kappa shape index (κ2) is 6.56. The van der Waals surface area contributed by atoms with Crippen LogP contribution in [0.25, 0.3) is 0 Å². The number of benzene rings is 1. The van der Waals surface area contributed by atoms with E-state index in [1.807, 2.05) is 13.0 Å². The molecule has 1 unspecified atom stereocenters. The summed E-state index contributed by atoms with van der Waals surface area (Å²) >= 11 is 3.41. The van der Waals surface area contributed by atoms with Crippen molar-refractivity contribution in [2.45, 2.75) is 13.8 Å². The predicted molar refractivity (Wildman–Crippen MR) is 78.4 cm³/mol. The lowest BCUT2D eigenvalue weighted by atomic mass is 10.1. The summed E-state index contributed by atoms with van der Waals surface area (Å²) in [6.45, 7) is 4.15. The number of carbonyl (C=O) groups is 1. The lowest BCUT2D eigenvalue weighted by Gasteiger charge is -2.21. The highest BCUT2D eigenvalue weighted by Crippen LogP contribution is 2.18. The van der Waals surface area contributed by atoms with Crippen molar-refractivity contribution in [2.24, 2.45) is 16.8 Å². The van der Waals surface area contributed by atoms with Crippen molar-refractivity contribution in [3.63, 3.8) is 0 Å². The first-order valence-corrected chi connectivity index (χ1v) is 6.65. The smallest absolute Gasteiger partial charge is 0.253 e. The molecule has 6 heteroatoms. The molecule has 1 aromatic rings. The van der Waals surface area contributed by atoms with Crippen LogP contribution in [0.15, 0.2) is 27.8 Å². The number of amides is 1. The number of rotatable bonds is 4. The van der Waals surface area contributed by atoms with E-state index in [9.17, 15) is 4.79 Å². The number of halogens is 1. The molecule has 0 bridgehead atoms. The number of nitrogens with two attached hydrogens (primary N) is 1. The quantitative estimate of drug-likeness (QED) is 0.385. The first-order chi connectivity index (χ1) is 8.86. The zero-order valence-electron chi connectivity index (χ0n) is 11.2. The molecule has 1 atom stereocenters. The van der Waals surface area contributed by atoms with Crippen LogP contribution in [0.3, 0.4) is 0 Å². The second-order valence-electron chi connectivity index (χ2n) is 4.58. The van der Waals surface area contributed by atoms with Crippen LogP contribution in [0.4, 0.5) is 0 Å². The zero-order chi connectivity index (χ0) is 14.6. The van der Waals surface area contributed by atoms with E-state index >= 15 is 0 Å². The Morgan fingerprint density at radius 3 is 2.74 bits per heavy atom. The molecule has 1 aromatic carbocycles. The monoisotopic (exact) mass is 327 g/mol. The number of aryl methyl sites for hydroxylation is 1. The Morgan fingerprint density at radius 1 is 1.58 bits per heavy atom. The minimum Gasteiger partial charge on any atom is -0.409 e. The molecule has 0 heterocycles. The number of amidine groups is 1. The maximum Gasteiger partial charge on any atom is 0.253 e. The molecule has 19 heavy (non-hydrogen) atoms. The molecule has 0 fully saturated rings. The van der Waals surface area contributed by atoms with E-state index in [0.29, 0.717) is 12.1 Å². The van der Waals surface area contributed by atoms with Gasteiger partial charge in [-0.25, -0.2) is 0 Å². The van der Waals surface area contributed by atoms with Gasteiger partial charge in [-0.05, 0) is 24.6 Å². The first-order valence-electron chi connectivity index (χ1n) is 5.85. The van der Waals surface area contributed by atoms with E-state index in [2.05, 4.69) is 21.1 Å². The molecule has 0 radical (unpaired) electrons. The Balaban J connectivity index is 2.79. The normalized spacial score (nSPS) is 13.2. The number of carbonyl (C=O) groups excluding carboxylic acids is 1. The van der Waals surface area contributed by atoms with Crippen molar-refractivity contribution in [3.05, 3.63) is 33.8 Å². The van der Waals surface area contributed by atoms with Gasteiger partial charge < -0.3 is 15.8 Å². The highest BCUT2D eigenvalue weighted by molar-refractivity contribution is 9.10. The molecule has 1 amide bonds. The molecule has 0 spiro atoms. The van der Waals surface area contributed by atoms with E-state index in [0.717, 1.165) is 10.0 Å². The van der Waals surface area contributed by atoms with Gasteiger partial charge in [-0.1, -0.05) is 34.1 Å². The maximum absolute atomic E-state index is 12.2. The van der Waals surface area contributed by atoms with Crippen LogP contribution in [-0.2, 0) is 0 Å². The summed E-state index contributed by atoms with van der Waals surface area (Å²) in [6.07, 6.45) is 0. The Hall–Kier alpha value is -1.56. The number of nitrogens with zero attached hydrogens (tertiary/aromatic N) is 2. The minimum absolute atomic E-state index is 0.0988. The number of hydrogen-bond donors (Lipinski definition) is 2. The third kappa shape index (κ3) is 3.96. The predicted octanol–water partition coefficient (Wildman–Crippen LogP) is 2.21. The molecular weight excluding hydrogens is 310 g/mol. The average molecular weight is 328 g/mol. The van der Waals surface area contributed by atoms with Crippen LogP contribution < -0.4 is 5.73 Å². The number of hydrogen-bond acceptors (Lipinski definition) is 3. The zero-order valence-corrected chi connectivity index (χ0v) is 12.8. The van der Waals surface area contributed by atoms with Crippen molar-refractivity contribution < 1.29 is 10.0 Å². The van der Waals surface area contributed by atoms with Crippen LogP contribution in [0.2, 0.25) is 0 Å². The molecule has 3 N–H and O–H groups in total. The van der Waals surface area contributed by atoms with Gasteiger partial charge in [-0.2, -0.15) is 0 Å². The Kier molecular flexibility index (Phi) is 5.35. The van der Waals surface area contributed by atoms with Crippen LogP contribution >= 0.6 is 15.9 Å². The molecule has 1 rings (SSSR count). The van der Waals surface area contributed by atoms with Gasteiger partial charge in [0.15, 0.2) is 0 Å². The average Bonchev–Trinajstić information content (AvgIpc) is 2.39. The maximum atomic E-state index is 12.2. The highest BCUT2D eigenvalue weighted by Gasteiger charge is 2.17. The van der Waals surface area contributed by atoms with Gasteiger partial charge in [-0.15, -0.1) is 0 Å². The Labute approximate surface area is 121 Å². The first kappa shape index (κ1) is 15.5. The molecule has 0 saturated carbocycles. The summed E-state index contributed by atoms with van der Waals surface area (Å²) in [5.41, 5.74) is 7.18. The lowest BCUT2D eigenvalue weighted by Crippen LogP contribution is -2.36. The molecule has 5 nitrogen and oxygen atoms in total. The van der Waals surface area contributed by atoms with Gasteiger partial charge in [0.05, 0.1) is 0 Å². The molecular formula is C13H18BrN3O2. The Bertz CT molecular complexity index is 503. The van der Waals surface area contributed by atoms with Gasteiger partial charge in [0.25, 0.3) is 5.91 Å². The third-order valence-electron chi connectivity index (χ3n) is 2.93. The SMILES string of the molecule is Cc1ccc(C(=O)N(C)CC(C)/C(N)=N/O)cc1Br. The van der Waals surface area contributed by atoms with Crippen LogP contribution in [0.1, 0.15) is 22.8 Å². The standard InChI is InChI=1S/C13H18BrN3O2/c1-8-4-5-10(6-11(8)14)13(18)17(3)7-9(2)12(15)16-19/h4-6,9,19H,7H2,1-3H3,(H2,15,16). The van der Waals surface area contributed by atoms with E-state index in [-0.39, 0.29) is 17.7 Å². The second-order valence-corrected chi connectivity index (χ2v) is 5.43. The fraction of sp³-hybridized carbons (Fsp3) is 0.385. The highest BCUT2D eigenvalue weighted by atomic mass is 79.9. The van der Waals surface area contributed by atoms with Gasteiger partial charge in [0.1, 0.15) is 5.84 Å². The molecule has 0 aliphatic rings. The molecule has 0 aliphatic heterocycles. The van der Waals surface area contributed by atoms with Gasteiger partial charge in [-0.3, -0.25) is 4.79 Å². The van der Waals surface area contributed by atoms with Crippen molar-refractivity contribution >= 4 is 27.7 Å². The van der Waals surface area contributed by atoms with Crippen molar-refractivity contribution in [1.82, 2.24) is 4.90 Å². The summed E-state index contributed by atoms with van der Waals surface area (Å²) in [7, 11) is 1.69. The third-order valence-corrected chi connectivity index (χ3v) is 3.79. The van der Waals surface area contributed by atoms with Crippen LogP contribution in [0, 0.1) is 12.8 Å². The summed E-state index contributed by atoms with van der Waals surface area (Å²) in [5.74, 6) is -0.184. The lowest BCUT2D eigenvalue weighted by molar-refractivity contribution is 0.0786. The van der Waals surface area contributed by atoms with E-state index < -0.39 is 0 Å². The summed E-state index contributed by atoms with van der Waals surface area (Å²) < 4.78 is 0.899. The largest absolute Gasteiger partial charge is 0.409 e. The van der Waals surface area contributed by atoms with E-state index in [4.69, 9.17) is 10.9 Å². The van der Waals surface area contributed by atoms with Crippen molar-refractivity contribution in [2.75, 3.05) is 13.6 Å². The van der Waals surface area contributed by atoms with Crippen molar-refractivity contribution in [3.8, 4) is 0 Å². The Morgan fingerprint density at radius 2 is 2.21 bits per heavy atom. The van der Waals surface area contributed by atoms with Crippen LogP contribution in [-0.4, -0.2) is 35.4 Å². The molecule has 104 valence electrons. The molecule has 0 saturated heterocycles. The van der Waals surface area contributed by atoms with E-state index in [1.54, 1.807) is 31.0 Å². The summed E-state index contributed by atoms with van der Waals surface area (Å²) in [4.78, 5) is 13.8. The summed E-state index contributed by atoms with van der Waals surface area (Å²) in [5, 5.41) is 11.5. The van der Waals surface area contributed by atoms with Gasteiger partial charge in [0, 0.05) is 29.5 Å². The topological polar surface area (TPSA) is 78.9 Å². The molecule has 0 aromatic heterocycles. The number of oxime groups is 1.